The van der Waals surface area contributed by atoms with Crippen LogP contribution in [0.5, 0.6) is 0 Å². The van der Waals surface area contributed by atoms with E-state index in [4.69, 9.17) is 0 Å². The molecule has 0 amide bonds. The predicted molar refractivity (Wildman–Crippen MR) is 52.6 cm³/mol. The maximum Gasteiger partial charge on any atom is 1.00 e. The number of unbranched alkanes of at least 4 members (excludes halogenated alkanes) is 8. The summed E-state index contributed by atoms with van der Waals surface area (Å²) in [6.07, 6.45) is 13.5. The number of hydrogen-bond acceptors (Lipinski definition) is 0. The first-order valence-electron chi connectivity index (χ1n) is 5.23. The molecule has 0 spiro atoms. The Labute approximate surface area is 121 Å². The molecular weight excluding hydrogens is 171 g/mol. The summed E-state index contributed by atoms with van der Waals surface area (Å²) < 4.78 is 0. The number of hydrogen-bond donors (Lipinski definition) is 0. The molecule has 0 aromatic rings. The van der Waals surface area contributed by atoms with Crippen molar-refractivity contribution in [3.8, 4) is 0 Å². The Bertz CT molecular complexity index is 54.0. The summed E-state index contributed by atoms with van der Waals surface area (Å²) in [4.78, 5) is 0. The van der Waals surface area contributed by atoms with E-state index in [-0.39, 0.29) is 51.4 Å². The summed E-state index contributed by atoms with van der Waals surface area (Å²) in [7, 11) is 0. The molecule has 1 heteroatoms. The van der Waals surface area contributed by atoms with Gasteiger partial charge in [0.15, 0.2) is 0 Å². The van der Waals surface area contributed by atoms with Crippen molar-refractivity contribution in [2.45, 2.75) is 65.2 Å². The van der Waals surface area contributed by atoms with Crippen LogP contribution >= 0.6 is 0 Å². The van der Waals surface area contributed by atoms with E-state index < -0.39 is 0 Å². The van der Waals surface area contributed by atoms with Gasteiger partial charge in [0.05, 0.1) is 0 Å². The van der Waals surface area contributed by atoms with Gasteiger partial charge in [0, 0.05) is 0 Å². The van der Waals surface area contributed by atoms with Crippen LogP contribution in [0.2, 0.25) is 0 Å². The fraction of sp³-hybridized carbons (Fsp3) is 0.909. The van der Waals surface area contributed by atoms with Gasteiger partial charge in [-0.05, 0) is 0 Å². The molecule has 0 aliphatic heterocycles. The van der Waals surface area contributed by atoms with Crippen molar-refractivity contribution in [3.05, 3.63) is 6.42 Å². The monoisotopic (exact) mass is 194 g/mol. The van der Waals surface area contributed by atoms with Gasteiger partial charge in [-0.15, -0.1) is 0 Å². The number of rotatable bonds is 8. The van der Waals surface area contributed by atoms with E-state index in [0.29, 0.717) is 0 Å². The molecule has 0 atom stereocenters. The largest absolute Gasteiger partial charge is 1.00 e. The summed E-state index contributed by atoms with van der Waals surface area (Å²) >= 11 is 0. The van der Waals surface area contributed by atoms with Crippen LogP contribution in [0, 0.1) is 6.42 Å². The Morgan fingerprint density at radius 2 is 1.42 bits per heavy atom. The molecule has 0 saturated carbocycles. The van der Waals surface area contributed by atoms with E-state index in [0.717, 1.165) is 0 Å². The first kappa shape index (κ1) is 16.1. The molecule has 12 heavy (non-hydrogen) atoms. The molecular formula is C11H23K. The minimum Gasteiger partial charge on any atom is -0.328 e. The van der Waals surface area contributed by atoms with Crippen molar-refractivity contribution in [1.29, 1.82) is 0 Å². The van der Waals surface area contributed by atoms with Gasteiger partial charge >= 0.3 is 51.4 Å². The molecule has 0 aromatic heterocycles. The molecule has 0 rings (SSSR count). The summed E-state index contributed by atoms with van der Waals surface area (Å²) in [5, 5.41) is 0. The molecule has 0 N–H and O–H groups in total. The van der Waals surface area contributed by atoms with Crippen molar-refractivity contribution < 1.29 is 51.4 Å². The van der Waals surface area contributed by atoms with Gasteiger partial charge in [0.25, 0.3) is 0 Å². The van der Waals surface area contributed by atoms with Gasteiger partial charge < -0.3 is 6.42 Å². The molecule has 0 fully saturated rings. The quantitative estimate of drug-likeness (QED) is 0.311. The van der Waals surface area contributed by atoms with Crippen LogP contribution in [-0.2, 0) is 0 Å². The van der Waals surface area contributed by atoms with Gasteiger partial charge in [0.2, 0.25) is 0 Å². The Hall–Kier alpha value is 1.64. The molecule has 0 nitrogen and oxygen atoms in total. The smallest absolute Gasteiger partial charge is 0.328 e. The zero-order valence-electron chi connectivity index (χ0n) is 9.23. The molecule has 0 radical (unpaired) electrons. The van der Waals surface area contributed by atoms with Crippen LogP contribution in [0.15, 0.2) is 0 Å². The fourth-order valence-electron chi connectivity index (χ4n) is 1.24. The van der Waals surface area contributed by atoms with Crippen LogP contribution in [-0.4, -0.2) is 0 Å². The Balaban J connectivity index is 0. The molecule has 0 unspecified atom stereocenters. The average molecular weight is 194 g/mol. The van der Waals surface area contributed by atoms with Crippen LogP contribution in [0.3, 0.4) is 0 Å². The van der Waals surface area contributed by atoms with Crippen molar-refractivity contribution in [1.82, 2.24) is 0 Å². The maximum absolute atomic E-state index is 2.44. The zero-order valence-corrected chi connectivity index (χ0v) is 12.4. The first-order valence-corrected chi connectivity index (χ1v) is 5.23. The molecule has 0 bridgehead atoms. The summed E-state index contributed by atoms with van der Waals surface area (Å²) in [5.74, 6) is 0. The third-order valence-corrected chi connectivity index (χ3v) is 2.00. The third-order valence-electron chi connectivity index (χ3n) is 2.00. The Kier molecular flexibility index (Phi) is 20.3. The maximum atomic E-state index is 2.44. The van der Waals surface area contributed by atoms with Crippen molar-refractivity contribution in [2.24, 2.45) is 0 Å². The SMILES string of the molecule is CCC[CH-]CCCCCCC.[K+]. The second-order valence-corrected chi connectivity index (χ2v) is 3.28. The Morgan fingerprint density at radius 1 is 0.750 bits per heavy atom. The van der Waals surface area contributed by atoms with Gasteiger partial charge in [-0.1, -0.05) is 52.4 Å². The fourth-order valence-corrected chi connectivity index (χ4v) is 1.24. The van der Waals surface area contributed by atoms with Crippen molar-refractivity contribution in [3.63, 3.8) is 0 Å². The van der Waals surface area contributed by atoms with Gasteiger partial charge in [-0.3, -0.25) is 0 Å². The standard InChI is InChI=1S/C11H23.K/c1-3-5-7-9-11-10-8-6-4-2;/h7H,3-6,8-11H2,1-2H3;/q-1;+1. The van der Waals surface area contributed by atoms with E-state index in [2.05, 4.69) is 20.3 Å². The van der Waals surface area contributed by atoms with E-state index in [9.17, 15) is 0 Å². The predicted octanol–water partition coefficient (Wildman–Crippen LogP) is 1.36. The van der Waals surface area contributed by atoms with E-state index in [1.54, 1.807) is 0 Å². The van der Waals surface area contributed by atoms with Crippen LogP contribution in [0.4, 0.5) is 0 Å². The molecule has 0 aliphatic rings. The van der Waals surface area contributed by atoms with Gasteiger partial charge in [-0.2, -0.15) is 12.8 Å². The van der Waals surface area contributed by atoms with Crippen LogP contribution < -0.4 is 51.4 Å². The minimum atomic E-state index is 0. The van der Waals surface area contributed by atoms with Gasteiger partial charge in [-0.25, -0.2) is 0 Å². The van der Waals surface area contributed by atoms with E-state index in [1.807, 2.05) is 0 Å². The molecule has 68 valence electrons. The van der Waals surface area contributed by atoms with E-state index in [1.165, 1.54) is 51.4 Å². The minimum absolute atomic E-state index is 0. The molecule has 0 aromatic carbocycles. The van der Waals surface area contributed by atoms with Crippen LogP contribution in [0.25, 0.3) is 0 Å². The second kappa shape index (κ2) is 15.1. The van der Waals surface area contributed by atoms with Crippen molar-refractivity contribution >= 4 is 0 Å². The third kappa shape index (κ3) is 14.2. The van der Waals surface area contributed by atoms with Crippen molar-refractivity contribution in [2.75, 3.05) is 0 Å². The normalized spacial score (nSPS) is 9.50. The zero-order chi connectivity index (χ0) is 8.36. The average Bonchev–Trinajstić information content (AvgIpc) is 2.03. The second-order valence-electron chi connectivity index (χ2n) is 3.28. The summed E-state index contributed by atoms with van der Waals surface area (Å²) in [6.45, 7) is 4.51. The first-order chi connectivity index (χ1) is 5.41. The molecule has 0 saturated heterocycles. The molecule has 0 heterocycles. The summed E-state index contributed by atoms with van der Waals surface area (Å²) in [5.41, 5.74) is 0. The van der Waals surface area contributed by atoms with Crippen LogP contribution in [0.1, 0.15) is 65.2 Å². The summed E-state index contributed by atoms with van der Waals surface area (Å²) in [6, 6.07) is 0. The van der Waals surface area contributed by atoms with Gasteiger partial charge in [0.1, 0.15) is 0 Å². The van der Waals surface area contributed by atoms with E-state index >= 15 is 0 Å². The molecule has 0 aliphatic carbocycles. The Morgan fingerprint density at radius 3 is 2.00 bits per heavy atom. The topological polar surface area (TPSA) is 0 Å².